The summed E-state index contributed by atoms with van der Waals surface area (Å²) < 4.78 is 5.42. The molecule has 41 heavy (non-hydrogen) atoms. The van der Waals surface area contributed by atoms with E-state index in [0.717, 1.165) is 28.3 Å². The highest BCUT2D eigenvalue weighted by atomic mass is 16.5. The second-order valence-electron chi connectivity index (χ2n) is 10.4. The Bertz CT molecular complexity index is 1420. The Morgan fingerprint density at radius 3 is 2.34 bits per heavy atom. The second-order valence-corrected chi connectivity index (χ2v) is 10.4. The van der Waals surface area contributed by atoms with Gasteiger partial charge in [0.15, 0.2) is 0 Å². The van der Waals surface area contributed by atoms with Gasteiger partial charge in [-0.15, -0.1) is 0 Å². The van der Waals surface area contributed by atoms with Gasteiger partial charge in [-0.05, 0) is 34.2 Å². The lowest BCUT2D eigenvalue weighted by molar-refractivity contribution is -0.130. The third-order valence-electron chi connectivity index (χ3n) is 6.76. The first kappa shape index (κ1) is 29.3. The van der Waals surface area contributed by atoms with Crippen molar-refractivity contribution in [2.45, 2.75) is 51.8 Å². The van der Waals surface area contributed by atoms with Crippen LogP contribution < -0.4 is 16.0 Å². The third kappa shape index (κ3) is 8.93. The number of aromatic amines is 1. The van der Waals surface area contributed by atoms with E-state index in [0.29, 0.717) is 18.2 Å². The Hall–Kier alpha value is -4.66. The molecule has 0 aliphatic carbocycles. The van der Waals surface area contributed by atoms with Gasteiger partial charge in [-0.2, -0.15) is 0 Å². The number of imidazole rings is 1. The predicted octanol–water partition coefficient (Wildman–Crippen LogP) is 4.29. The van der Waals surface area contributed by atoms with Gasteiger partial charge in [-0.1, -0.05) is 86.6 Å². The van der Waals surface area contributed by atoms with Crippen molar-refractivity contribution in [2.24, 2.45) is 5.92 Å². The van der Waals surface area contributed by atoms with Gasteiger partial charge in [0.25, 0.3) is 0 Å². The molecule has 9 nitrogen and oxygen atoms in total. The van der Waals surface area contributed by atoms with E-state index in [4.69, 9.17) is 4.74 Å². The molecule has 0 saturated heterocycles. The summed E-state index contributed by atoms with van der Waals surface area (Å²) in [6, 6.07) is 21.2. The van der Waals surface area contributed by atoms with Crippen LogP contribution in [0.3, 0.4) is 0 Å². The van der Waals surface area contributed by atoms with Crippen molar-refractivity contribution in [3.05, 3.63) is 102 Å². The van der Waals surface area contributed by atoms with E-state index in [9.17, 15) is 14.4 Å². The first-order valence-electron chi connectivity index (χ1n) is 13.9. The number of nitrogens with zero attached hydrogens (tertiary/aromatic N) is 1. The number of aromatic nitrogens is 2. The Labute approximate surface area is 240 Å². The minimum absolute atomic E-state index is 0.0655. The summed E-state index contributed by atoms with van der Waals surface area (Å²) in [6.07, 6.45) is 3.67. The highest BCUT2D eigenvalue weighted by molar-refractivity contribution is 5.92. The minimum atomic E-state index is -0.989. The van der Waals surface area contributed by atoms with Crippen molar-refractivity contribution in [3.8, 4) is 0 Å². The van der Waals surface area contributed by atoms with Crippen LogP contribution in [0.4, 0.5) is 4.79 Å². The molecule has 0 spiro atoms. The third-order valence-corrected chi connectivity index (χ3v) is 6.76. The molecule has 4 rings (SSSR count). The zero-order chi connectivity index (χ0) is 29.0. The zero-order valence-corrected chi connectivity index (χ0v) is 23.4. The SMILES string of the molecule is CC(C)CCNC(=O)[C@H](Cc1cnc[nH]1)NC(=O)[C@@H](Cc1cccc2ccccc12)NC(=O)OCc1ccccc1. The number of benzene rings is 3. The van der Waals surface area contributed by atoms with E-state index in [-0.39, 0.29) is 25.4 Å². The molecule has 1 aromatic heterocycles. The molecule has 1 heterocycles. The van der Waals surface area contributed by atoms with Gasteiger partial charge >= 0.3 is 6.09 Å². The topological polar surface area (TPSA) is 125 Å². The summed E-state index contributed by atoms with van der Waals surface area (Å²) in [5, 5.41) is 10.5. The Morgan fingerprint density at radius 2 is 1.59 bits per heavy atom. The van der Waals surface area contributed by atoms with Crippen molar-refractivity contribution >= 4 is 28.7 Å². The molecule has 3 amide bonds. The van der Waals surface area contributed by atoms with Crippen LogP contribution in [0.5, 0.6) is 0 Å². The lowest BCUT2D eigenvalue weighted by Gasteiger charge is -2.23. The van der Waals surface area contributed by atoms with Crippen LogP contribution in [0.15, 0.2) is 85.3 Å². The van der Waals surface area contributed by atoms with E-state index in [1.54, 1.807) is 6.20 Å². The molecule has 4 N–H and O–H groups in total. The van der Waals surface area contributed by atoms with Gasteiger partial charge in [-0.25, -0.2) is 9.78 Å². The average Bonchev–Trinajstić information content (AvgIpc) is 3.49. The molecule has 0 radical (unpaired) electrons. The molecule has 0 saturated carbocycles. The molecule has 214 valence electrons. The number of hydrogen-bond donors (Lipinski definition) is 4. The van der Waals surface area contributed by atoms with Crippen LogP contribution in [0.25, 0.3) is 10.8 Å². The largest absolute Gasteiger partial charge is 0.445 e. The van der Waals surface area contributed by atoms with Gasteiger partial charge in [0.05, 0.1) is 6.33 Å². The number of H-pyrrole nitrogens is 1. The summed E-state index contributed by atoms with van der Waals surface area (Å²) >= 11 is 0. The number of carbonyl (C=O) groups is 3. The minimum Gasteiger partial charge on any atom is -0.445 e. The van der Waals surface area contributed by atoms with Crippen molar-refractivity contribution in [1.82, 2.24) is 25.9 Å². The van der Waals surface area contributed by atoms with Crippen LogP contribution in [-0.2, 0) is 33.8 Å². The maximum Gasteiger partial charge on any atom is 0.408 e. The Balaban J connectivity index is 1.53. The molecule has 3 aromatic carbocycles. The molecule has 2 atom stereocenters. The van der Waals surface area contributed by atoms with Crippen molar-refractivity contribution in [3.63, 3.8) is 0 Å². The molecule has 0 aliphatic rings. The van der Waals surface area contributed by atoms with Crippen LogP contribution in [-0.4, -0.2) is 46.5 Å². The lowest BCUT2D eigenvalue weighted by Crippen LogP contribution is -2.55. The maximum absolute atomic E-state index is 13.7. The van der Waals surface area contributed by atoms with Gasteiger partial charge in [0.2, 0.25) is 11.8 Å². The van der Waals surface area contributed by atoms with Crippen molar-refractivity contribution in [1.29, 1.82) is 0 Å². The Morgan fingerprint density at radius 1 is 0.854 bits per heavy atom. The number of hydrogen-bond acceptors (Lipinski definition) is 5. The maximum atomic E-state index is 13.7. The fourth-order valence-electron chi connectivity index (χ4n) is 4.51. The first-order valence-corrected chi connectivity index (χ1v) is 13.9. The predicted molar refractivity (Wildman–Crippen MR) is 158 cm³/mol. The van der Waals surface area contributed by atoms with Crippen molar-refractivity contribution in [2.75, 3.05) is 6.54 Å². The van der Waals surface area contributed by atoms with Gasteiger partial charge in [0, 0.05) is 31.3 Å². The van der Waals surface area contributed by atoms with Crippen LogP contribution >= 0.6 is 0 Å². The van der Waals surface area contributed by atoms with Gasteiger partial charge in [-0.3, -0.25) is 9.59 Å². The van der Waals surface area contributed by atoms with Crippen LogP contribution in [0.1, 0.15) is 37.1 Å². The molecule has 4 aromatic rings. The molecular weight excluding hydrogens is 518 g/mol. The van der Waals surface area contributed by atoms with Gasteiger partial charge < -0.3 is 25.7 Å². The average molecular weight is 556 g/mol. The van der Waals surface area contributed by atoms with E-state index in [2.05, 4.69) is 39.8 Å². The summed E-state index contributed by atoms with van der Waals surface area (Å²) in [6.45, 7) is 4.72. The van der Waals surface area contributed by atoms with E-state index < -0.39 is 24.1 Å². The number of carbonyl (C=O) groups excluding carboxylic acids is 3. The normalized spacial score (nSPS) is 12.5. The van der Waals surface area contributed by atoms with Crippen LogP contribution in [0.2, 0.25) is 0 Å². The molecular formula is C32H37N5O4. The standard InChI is InChI=1S/C32H37N5O4/c1-22(2)15-16-34-30(38)29(18-26-19-33-21-35-26)36-31(39)28(37-32(40)41-20-23-9-4-3-5-10-23)17-25-13-8-12-24-11-6-7-14-27(24)25/h3-14,19,21-22,28-29H,15-18,20H2,1-2H3,(H,33,35)(H,34,38)(H,36,39)(H,37,40)/t28-,29+/m1/s1. The van der Waals surface area contributed by atoms with Crippen molar-refractivity contribution < 1.29 is 19.1 Å². The van der Waals surface area contributed by atoms with Crippen LogP contribution in [0, 0.1) is 5.92 Å². The van der Waals surface area contributed by atoms with E-state index in [1.807, 2.05) is 72.8 Å². The summed E-state index contributed by atoms with van der Waals surface area (Å²) in [5.41, 5.74) is 2.42. The number of alkyl carbamates (subject to hydrolysis) is 1. The van der Waals surface area contributed by atoms with Gasteiger partial charge in [0.1, 0.15) is 18.7 Å². The van der Waals surface area contributed by atoms with E-state index >= 15 is 0 Å². The molecule has 0 aliphatic heterocycles. The molecule has 0 bridgehead atoms. The quantitative estimate of drug-likeness (QED) is 0.196. The summed E-state index contributed by atoms with van der Waals surface area (Å²) in [7, 11) is 0. The fourth-order valence-corrected chi connectivity index (χ4v) is 4.51. The number of amides is 3. The molecule has 9 heteroatoms. The number of fused-ring (bicyclic) bond motifs is 1. The monoisotopic (exact) mass is 555 g/mol. The molecule has 0 fully saturated rings. The fraction of sp³-hybridized carbons (Fsp3) is 0.312. The summed E-state index contributed by atoms with van der Waals surface area (Å²) in [4.78, 5) is 46.8. The second kappa shape index (κ2) is 14.6. The number of rotatable bonds is 13. The first-order chi connectivity index (χ1) is 19.9. The number of ether oxygens (including phenoxy) is 1. The lowest BCUT2D eigenvalue weighted by atomic mass is 9.98. The zero-order valence-electron chi connectivity index (χ0n) is 23.4. The highest BCUT2D eigenvalue weighted by Crippen LogP contribution is 2.20. The van der Waals surface area contributed by atoms with E-state index in [1.165, 1.54) is 6.33 Å². The Kier molecular flexibility index (Phi) is 10.5. The molecule has 0 unspecified atom stereocenters. The summed E-state index contributed by atoms with van der Waals surface area (Å²) in [5.74, 6) is -0.366. The smallest absolute Gasteiger partial charge is 0.408 e. The number of nitrogens with one attached hydrogen (secondary N) is 4. The highest BCUT2D eigenvalue weighted by Gasteiger charge is 2.28.